The number of rotatable bonds is 5. The number of para-hydroxylation sites is 1. The van der Waals surface area contributed by atoms with E-state index < -0.39 is 0 Å². The lowest BCUT2D eigenvalue weighted by atomic mass is 10.1. The van der Waals surface area contributed by atoms with E-state index >= 15 is 0 Å². The van der Waals surface area contributed by atoms with Crippen LogP contribution in [-0.4, -0.2) is 24.4 Å². The molecular formula is C19H21ClN2O. The first kappa shape index (κ1) is 16.0. The quantitative estimate of drug-likeness (QED) is 0.888. The van der Waals surface area contributed by atoms with Gasteiger partial charge in [0.25, 0.3) is 0 Å². The van der Waals surface area contributed by atoms with Crippen LogP contribution in [0.25, 0.3) is 0 Å². The van der Waals surface area contributed by atoms with Gasteiger partial charge < -0.3 is 5.32 Å². The van der Waals surface area contributed by atoms with Gasteiger partial charge in [-0.2, -0.15) is 0 Å². The molecule has 0 unspecified atom stereocenters. The number of hydrogen-bond donors (Lipinski definition) is 1. The summed E-state index contributed by atoms with van der Waals surface area (Å²) in [5.41, 5.74) is 3.51. The van der Waals surface area contributed by atoms with Gasteiger partial charge in [0.2, 0.25) is 5.91 Å². The third kappa shape index (κ3) is 3.74. The smallest absolute Gasteiger partial charge is 0.225 e. The minimum absolute atomic E-state index is 0.00349. The Bertz CT molecular complexity index is 701. The standard InChI is InChI=1S/C19H21ClN2O/c1-22(18-11-10-14-6-2-3-7-15(14)18)13-12-19(23)21-17-9-5-4-8-16(17)20/h2-9,18H,10-13H2,1H3,(H,21,23)/t18-/m0/s1. The predicted molar refractivity (Wildman–Crippen MR) is 94.8 cm³/mol. The fourth-order valence-electron chi connectivity index (χ4n) is 3.20. The maximum atomic E-state index is 12.1. The second-order valence-electron chi connectivity index (χ2n) is 6.01. The molecule has 1 atom stereocenters. The minimum Gasteiger partial charge on any atom is -0.325 e. The van der Waals surface area contributed by atoms with E-state index in [1.165, 1.54) is 11.1 Å². The topological polar surface area (TPSA) is 32.3 Å². The van der Waals surface area contributed by atoms with Crippen molar-refractivity contribution in [3.63, 3.8) is 0 Å². The SMILES string of the molecule is CN(CCC(=O)Nc1ccccc1Cl)[C@H]1CCc2ccccc21. The number of carbonyl (C=O) groups is 1. The molecule has 0 saturated carbocycles. The zero-order valence-electron chi connectivity index (χ0n) is 13.3. The third-order valence-corrected chi connectivity index (χ3v) is 4.80. The Kier molecular flexibility index (Phi) is 4.99. The summed E-state index contributed by atoms with van der Waals surface area (Å²) in [5, 5.41) is 3.45. The summed E-state index contributed by atoms with van der Waals surface area (Å²) in [6.45, 7) is 0.731. The van der Waals surface area contributed by atoms with Crippen molar-refractivity contribution in [1.29, 1.82) is 0 Å². The van der Waals surface area contributed by atoms with E-state index in [0.717, 1.165) is 19.4 Å². The molecule has 1 aliphatic rings. The zero-order valence-corrected chi connectivity index (χ0v) is 14.0. The first-order valence-corrected chi connectivity index (χ1v) is 8.35. The largest absolute Gasteiger partial charge is 0.325 e. The lowest BCUT2D eigenvalue weighted by Crippen LogP contribution is -2.27. The van der Waals surface area contributed by atoms with E-state index in [-0.39, 0.29) is 5.91 Å². The van der Waals surface area contributed by atoms with Crippen LogP contribution in [0.15, 0.2) is 48.5 Å². The molecule has 0 bridgehead atoms. The summed E-state index contributed by atoms with van der Waals surface area (Å²) in [7, 11) is 2.09. The van der Waals surface area contributed by atoms with Crippen LogP contribution in [0.4, 0.5) is 5.69 Å². The van der Waals surface area contributed by atoms with E-state index in [0.29, 0.717) is 23.2 Å². The summed E-state index contributed by atoms with van der Waals surface area (Å²) in [5.74, 6) is -0.00349. The molecule has 0 heterocycles. The Morgan fingerprint density at radius 3 is 2.78 bits per heavy atom. The molecule has 0 fully saturated rings. The highest BCUT2D eigenvalue weighted by Gasteiger charge is 2.25. The number of aryl methyl sites for hydroxylation is 1. The molecule has 1 N–H and O–H groups in total. The third-order valence-electron chi connectivity index (χ3n) is 4.47. The Balaban J connectivity index is 1.54. The van der Waals surface area contributed by atoms with Crippen molar-refractivity contribution in [2.45, 2.75) is 25.3 Å². The predicted octanol–water partition coefficient (Wildman–Crippen LogP) is 4.29. The molecule has 3 rings (SSSR count). The van der Waals surface area contributed by atoms with Gasteiger partial charge in [-0.3, -0.25) is 9.69 Å². The molecule has 4 heteroatoms. The highest BCUT2D eigenvalue weighted by Crippen LogP contribution is 2.34. The second kappa shape index (κ2) is 7.16. The number of nitrogens with zero attached hydrogens (tertiary/aromatic N) is 1. The maximum absolute atomic E-state index is 12.1. The van der Waals surface area contributed by atoms with Crippen LogP contribution in [0.2, 0.25) is 5.02 Å². The number of anilines is 1. The highest BCUT2D eigenvalue weighted by atomic mass is 35.5. The second-order valence-corrected chi connectivity index (χ2v) is 6.42. The average molecular weight is 329 g/mol. The monoisotopic (exact) mass is 328 g/mol. The fourth-order valence-corrected chi connectivity index (χ4v) is 3.38. The molecule has 120 valence electrons. The van der Waals surface area contributed by atoms with Gasteiger partial charge in [0.05, 0.1) is 10.7 Å². The summed E-state index contributed by atoms with van der Waals surface area (Å²) in [6, 6.07) is 16.3. The Hall–Kier alpha value is -1.84. The van der Waals surface area contributed by atoms with Gasteiger partial charge in [-0.05, 0) is 43.1 Å². The van der Waals surface area contributed by atoms with Crippen molar-refractivity contribution in [1.82, 2.24) is 4.90 Å². The normalized spacial score (nSPS) is 16.4. The van der Waals surface area contributed by atoms with E-state index in [4.69, 9.17) is 11.6 Å². The zero-order chi connectivity index (χ0) is 16.2. The van der Waals surface area contributed by atoms with Gasteiger partial charge in [0.1, 0.15) is 0 Å². The number of amides is 1. The van der Waals surface area contributed by atoms with Crippen LogP contribution in [0.1, 0.15) is 30.0 Å². The number of benzene rings is 2. The molecule has 1 aliphatic carbocycles. The number of halogens is 1. The van der Waals surface area contributed by atoms with Crippen molar-refractivity contribution in [2.24, 2.45) is 0 Å². The number of nitrogens with one attached hydrogen (secondary N) is 1. The van der Waals surface area contributed by atoms with Crippen LogP contribution in [0.3, 0.4) is 0 Å². The van der Waals surface area contributed by atoms with Gasteiger partial charge in [0.15, 0.2) is 0 Å². The summed E-state index contributed by atoms with van der Waals surface area (Å²) < 4.78 is 0. The lowest BCUT2D eigenvalue weighted by Gasteiger charge is -2.25. The Morgan fingerprint density at radius 1 is 1.22 bits per heavy atom. The molecule has 3 nitrogen and oxygen atoms in total. The molecule has 2 aromatic carbocycles. The molecule has 0 aromatic heterocycles. The minimum atomic E-state index is -0.00349. The summed E-state index contributed by atoms with van der Waals surface area (Å²) >= 11 is 6.07. The van der Waals surface area contributed by atoms with E-state index in [9.17, 15) is 4.79 Å². The number of fused-ring (bicyclic) bond motifs is 1. The number of carbonyl (C=O) groups excluding carboxylic acids is 1. The molecular weight excluding hydrogens is 308 g/mol. The van der Waals surface area contributed by atoms with Gasteiger partial charge >= 0.3 is 0 Å². The van der Waals surface area contributed by atoms with Gasteiger partial charge in [-0.25, -0.2) is 0 Å². The highest BCUT2D eigenvalue weighted by molar-refractivity contribution is 6.33. The average Bonchev–Trinajstić information content (AvgIpc) is 2.99. The van der Waals surface area contributed by atoms with Crippen molar-refractivity contribution >= 4 is 23.2 Å². The molecule has 0 aliphatic heterocycles. The van der Waals surface area contributed by atoms with Gasteiger partial charge in [-0.1, -0.05) is 48.0 Å². The molecule has 0 spiro atoms. The van der Waals surface area contributed by atoms with Crippen molar-refractivity contribution in [3.05, 3.63) is 64.7 Å². The Labute approximate surface area is 142 Å². The molecule has 2 aromatic rings. The fraction of sp³-hybridized carbons (Fsp3) is 0.316. The molecule has 1 amide bonds. The molecule has 0 radical (unpaired) electrons. The van der Waals surface area contributed by atoms with Gasteiger partial charge in [0, 0.05) is 19.0 Å². The first-order valence-electron chi connectivity index (χ1n) is 7.97. The van der Waals surface area contributed by atoms with E-state index in [1.54, 1.807) is 6.07 Å². The van der Waals surface area contributed by atoms with Crippen LogP contribution in [0.5, 0.6) is 0 Å². The van der Waals surface area contributed by atoms with Crippen LogP contribution in [-0.2, 0) is 11.2 Å². The number of hydrogen-bond acceptors (Lipinski definition) is 2. The summed E-state index contributed by atoms with van der Waals surface area (Å²) in [6.07, 6.45) is 2.71. The van der Waals surface area contributed by atoms with Gasteiger partial charge in [-0.15, -0.1) is 0 Å². The Morgan fingerprint density at radius 2 is 1.96 bits per heavy atom. The van der Waals surface area contributed by atoms with E-state index in [2.05, 4.69) is 41.5 Å². The molecule has 23 heavy (non-hydrogen) atoms. The summed E-state index contributed by atoms with van der Waals surface area (Å²) in [4.78, 5) is 14.4. The first-order chi connectivity index (χ1) is 11.1. The van der Waals surface area contributed by atoms with Crippen molar-refractivity contribution in [2.75, 3.05) is 18.9 Å². The van der Waals surface area contributed by atoms with Crippen LogP contribution < -0.4 is 5.32 Å². The van der Waals surface area contributed by atoms with Crippen LogP contribution >= 0.6 is 11.6 Å². The molecule has 0 saturated heterocycles. The lowest BCUT2D eigenvalue weighted by molar-refractivity contribution is -0.116. The van der Waals surface area contributed by atoms with Crippen molar-refractivity contribution in [3.8, 4) is 0 Å². The van der Waals surface area contributed by atoms with E-state index in [1.807, 2.05) is 18.2 Å². The van der Waals surface area contributed by atoms with Crippen molar-refractivity contribution < 1.29 is 4.79 Å². The maximum Gasteiger partial charge on any atom is 0.225 e. The van der Waals surface area contributed by atoms with Crippen LogP contribution in [0, 0.1) is 0 Å².